The molecule has 4 nitrogen and oxygen atoms in total. The summed E-state index contributed by atoms with van der Waals surface area (Å²) in [5.74, 6) is 0.0669. The maximum absolute atomic E-state index is 10.8. The van der Waals surface area contributed by atoms with Crippen LogP contribution in [0.25, 0.3) is 0 Å². The second kappa shape index (κ2) is 8.01. The summed E-state index contributed by atoms with van der Waals surface area (Å²) in [5, 5.41) is 5.68. The molecule has 0 aromatic heterocycles. The van der Waals surface area contributed by atoms with E-state index in [0.29, 0.717) is 19.6 Å². The zero-order chi connectivity index (χ0) is 10.1. The lowest BCUT2D eigenvalue weighted by molar-refractivity contribution is -0.120. The molecule has 13 heavy (non-hydrogen) atoms. The Labute approximate surface area is 80.0 Å². The van der Waals surface area contributed by atoms with Crippen LogP contribution in [0.5, 0.6) is 0 Å². The van der Waals surface area contributed by atoms with Gasteiger partial charge in [0.2, 0.25) is 5.91 Å². The van der Waals surface area contributed by atoms with Crippen LogP contribution in [0.15, 0.2) is 0 Å². The van der Waals surface area contributed by atoms with Crippen LogP contribution in [0.1, 0.15) is 20.3 Å². The fourth-order valence-corrected chi connectivity index (χ4v) is 0.819. The van der Waals surface area contributed by atoms with Crippen LogP contribution < -0.4 is 10.6 Å². The molecule has 0 saturated carbocycles. The summed E-state index contributed by atoms with van der Waals surface area (Å²) in [5.41, 5.74) is 0. The first-order valence-corrected chi connectivity index (χ1v) is 4.69. The van der Waals surface area contributed by atoms with Crippen molar-refractivity contribution < 1.29 is 9.53 Å². The van der Waals surface area contributed by atoms with Crippen LogP contribution in [-0.2, 0) is 9.53 Å². The van der Waals surface area contributed by atoms with Gasteiger partial charge in [0.05, 0.1) is 12.7 Å². The van der Waals surface area contributed by atoms with E-state index in [0.717, 1.165) is 6.54 Å². The molecule has 0 unspecified atom stereocenters. The van der Waals surface area contributed by atoms with Crippen molar-refractivity contribution in [3.05, 3.63) is 0 Å². The largest absolute Gasteiger partial charge is 0.377 e. The van der Waals surface area contributed by atoms with Gasteiger partial charge in [-0.3, -0.25) is 4.79 Å². The van der Waals surface area contributed by atoms with E-state index in [1.807, 2.05) is 13.8 Å². The number of hydrogen-bond acceptors (Lipinski definition) is 3. The van der Waals surface area contributed by atoms with Crippen LogP contribution in [-0.4, -0.2) is 38.8 Å². The van der Waals surface area contributed by atoms with E-state index < -0.39 is 0 Å². The molecule has 0 aliphatic heterocycles. The smallest absolute Gasteiger partial charge is 0.221 e. The number of carbonyl (C=O) groups is 1. The van der Waals surface area contributed by atoms with Crippen LogP contribution in [0.4, 0.5) is 0 Å². The Kier molecular flexibility index (Phi) is 7.63. The second-order valence-corrected chi connectivity index (χ2v) is 3.09. The molecular formula is C9H20N2O2. The summed E-state index contributed by atoms with van der Waals surface area (Å²) >= 11 is 0. The maximum Gasteiger partial charge on any atom is 0.221 e. The first-order chi connectivity index (χ1) is 6.16. The third-order valence-electron chi connectivity index (χ3n) is 1.54. The molecule has 0 aromatic carbocycles. The second-order valence-electron chi connectivity index (χ2n) is 3.09. The minimum atomic E-state index is 0.0669. The molecule has 0 bridgehead atoms. The van der Waals surface area contributed by atoms with E-state index in [4.69, 9.17) is 4.74 Å². The van der Waals surface area contributed by atoms with Gasteiger partial charge in [0.15, 0.2) is 0 Å². The van der Waals surface area contributed by atoms with Crippen molar-refractivity contribution in [2.75, 3.05) is 26.7 Å². The van der Waals surface area contributed by atoms with Gasteiger partial charge in [-0.25, -0.2) is 0 Å². The minimum Gasteiger partial charge on any atom is -0.377 e. The first kappa shape index (κ1) is 12.4. The van der Waals surface area contributed by atoms with Gasteiger partial charge in [0.1, 0.15) is 0 Å². The standard InChI is InChI=1S/C9H20N2O2/c1-8(2)13-7-6-11-5-4-9(12)10-3/h8,11H,4-7H2,1-3H3,(H,10,12). The number of rotatable bonds is 7. The third-order valence-corrected chi connectivity index (χ3v) is 1.54. The van der Waals surface area contributed by atoms with E-state index in [1.54, 1.807) is 7.05 Å². The highest BCUT2D eigenvalue weighted by Crippen LogP contribution is 1.85. The molecule has 0 spiro atoms. The van der Waals surface area contributed by atoms with E-state index in [1.165, 1.54) is 0 Å². The van der Waals surface area contributed by atoms with Crippen LogP contribution >= 0.6 is 0 Å². The van der Waals surface area contributed by atoms with Gasteiger partial charge in [-0.15, -0.1) is 0 Å². The Morgan fingerprint density at radius 1 is 1.38 bits per heavy atom. The number of amides is 1. The zero-order valence-electron chi connectivity index (χ0n) is 8.72. The highest BCUT2D eigenvalue weighted by Gasteiger charge is 1.96. The van der Waals surface area contributed by atoms with Crippen LogP contribution in [0.2, 0.25) is 0 Å². The van der Waals surface area contributed by atoms with E-state index >= 15 is 0 Å². The minimum absolute atomic E-state index is 0.0669. The normalized spacial score (nSPS) is 10.5. The van der Waals surface area contributed by atoms with Gasteiger partial charge in [-0.05, 0) is 13.8 Å². The van der Waals surface area contributed by atoms with Gasteiger partial charge in [0.25, 0.3) is 0 Å². The monoisotopic (exact) mass is 188 g/mol. The van der Waals surface area contributed by atoms with Gasteiger partial charge in [-0.2, -0.15) is 0 Å². The van der Waals surface area contributed by atoms with Gasteiger partial charge >= 0.3 is 0 Å². The van der Waals surface area contributed by atoms with Crippen molar-refractivity contribution in [2.45, 2.75) is 26.4 Å². The molecule has 0 aliphatic rings. The predicted molar refractivity (Wildman–Crippen MR) is 52.6 cm³/mol. The summed E-state index contributed by atoms with van der Waals surface area (Å²) in [6.45, 7) is 6.22. The van der Waals surface area contributed by atoms with Gasteiger partial charge < -0.3 is 15.4 Å². The Bertz CT molecular complexity index is 138. The topological polar surface area (TPSA) is 50.4 Å². The molecule has 78 valence electrons. The lowest BCUT2D eigenvalue weighted by Gasteiger charge is -2.07. The van der Waals surface area contributed by atoms with Gasteiger partial charge in [0, 0.05) is 26.6 Å². The number of hydrogen-bond donors (Lipinski definition) is 2. The summed E-state index contributed by atoms with van der Waals surface area (Å²) in [7, 11) is 1.64. The van der Waals surface area contributed by atoms with E-state index in [9.17, 15) is 4.79 Å². The Hall–Kier alpha value is -0.610. The van der Waals surface area contributed by atoms with Gasteiger partial charge in [-0.1, -0.05) is 0 Å². The molecule has 0 saturated heterocycles. The molecule has 0 aromatic rings. The Morgan fingerprint density at radius 3 is 2.62 bits per heavy atom. The average Bonchev–Trinajstić information content (AvgIpc) is 2.10. The molecule has 2 N–H and O–H groups in total. The average molecular weight is 188 g/mol. The summed E-state index contributed by atoms with van der Waals surface area (Å²) in [6.07, 6.45) is 0.804. The van der Waals surface area contributed by atoms with Crippen molar-refractivity contribution in [3.8, 4) is 0 Å². The summed E-state index contributed by atoms with van der Waals surface area (Å²) < 4.78 is 5.31. The molecule has 0 fully saturated rings. The molecule has 0 radical (unpaired) electrons. The first-order valence-electron chi connectivity index (χ1n) is 4.69. The quantitative estimate of drug-likeness (QED) is 0.559. The third kappa shape index (κ3) is 9.30. The number of carbonyl (C=O) groups excluding carboxylic acids is 1. The maximum atomic E-state index is 10.8. The number of ether oxygens (including phenoxy) is 1. The Balaban J connectivity index is 3.04. The Morgan fingerprint density at radius 2 is 2.08 bits per heavy atom. The fraction of sp³-hybridized carbons (Fsp3) is 0.889. The molecule has 1 amide bonds. The van der Waals surface area contributed by atoms with Crippen LogP contribution in [0, 0.1) is 0 Å². The zero-order valence-corrected chi connectivity index (χ0v) is 8.72. The molecular weight excluding hydrogens is 168 g/mol. The molecule has 0 heterocycles. The van der Waals surface area contributed by atoms with E-state index in [2.05, 4.69) is 10.6 Å². The van der Waals surface area contributed by atoms with Crippen molar-refractivity contribution >= 4 is 5.91 Å². The summed E-state index contributed by atoms with van der Waals surface area (Å²) in [6, 6.07) is 0. The number of nitrogens with one attached hydrogen (secondary N) is 2. The summed E-state index contributed by atoms with van der Waals surface area (Å²) in [4.78, 5) is 10.8. The SMILES string of the molecule is CNC(=O)CCNCCOC(C)C. The van der Waals surface area contributed by atoms with Crippen molar-refractivity contribution in [1.82, 2.24) is 10.6 Å². The fourth-order valence-electron chi connectivity index (χ4n) is 0.819. The highest BCUT2D eigenvalue weighted by molar-refractivity contribution is 5.75. The molecule has 0 atom stereocenters. The van der Waals surface area contributed by atoms with Crippen molar-refractivity contribution in [3.63, 3.8) is 0 Å². The predicted octanol–water partition coefficient (Wildman–Crippen LogP) is 0.137. The lowest BCUT2D eigenvalue weighted by atomic mass is 10.4. The van der Waals surface area contributed by atoms with Crippen molar-refractivity contribution in [1.29, 1.82) is 0 Å². The molecule has 4 heteroatoms. The lowest BCUT2D eigenvalue weighted by Crippen LogP contribution is -2.27. The van der Waals surface area contributed by atoms with Crippen LogP contribution in [0.3, 0.4) is 0 Å². The van der Waals surface area contributed by atoms with Crippen molar-refractivity contribution in [2.24, 2.45) is 0 Å². The molecule has 0 aliphatic carbocycles. The molecule has 0 rings (SSSR count). The highest BCUT2D eigenvalue weighted by atomic mass is 16.5. The van der Waals surface area contributed by atoms with E-state index in [-0.39, 0.29) is 12.0 Å².